The topological polar surface area (TPSA) is 23.6 Å². The number of halogens is 1. The first kappa shape index (κ1) is 31.3. The van der Waals surface area contributed by atoms with Crippen LogP contribution in [0, 0.1) is 5.82 Å². The maximum atomic E-state index is 12.4. The average molecular weight is 417 g/mol. The molecule has 0 spiro atoms. The standard InChI is InChI=1S/C9H11F.C7H14N2O.3CH4.Y/c1-7(2)8-3-5-9(10)6-4-8;1-6(2)9-5-4-8(3)7(9)10;;;;/h3-7H,1-2H3;6H,4-5H2,1-3H3;3*1H4;. The average Bonchev–Trinajstić information content (AvgIpc) is 2.71. The summed E-state index contributed by atoms with van der Waals surface area (Å²) in [5.74, 6) is 0.324. The number of carbonyl (C=O) groups is 1. The van der Waals surface area contributed by atoms with Crippen LogP contribution in [0.2, 0.25) is 0 Å². The Morgan fingerprint density at radius 1 is 0.958 bits per heavy atom. The van der Waals surface area contributed by atoms with Gasteiger partial charge in [0.15, 0.2) is 0 Å². The fraction of sp³-hybridized carbons (Fsp3) is 0.632. The molecule has 24 heavy (non-hydrogen) atoms. The smallest absolute Gasteiger partial charge is 0.320 e. The van der Waals surface area contributed by atoms with Gasteiger partial charge in [0.05, 0.1) is 0 Å². The number of urea groups is 1. The molecule has 3 nitrogen and oxygen atoms in total. The van der Waals surface area contributed by atoms with Crippen LogP contribution in [-0.4, -0.2) is 42.0 Å². The molecule has 2 rings (SSSR count). The first-order valence-corrected chi connectivity index (χ1v) is 7.10. The molecule has 1 aromatic carbocycles. The van der Waals surface area contributed by atoms with Crippen LogP contribution in [0.4, 0.5) is 9.18 Å². The maximum Gasteiger partial charge on any atom is 0.320 e. The number of nitrogens with zero attached hydrogens (tertiary/aromatic N) is 2. The Morgan fingerprint density at radius 2 is 1.42 bits per heavy atom. The molecule has 0 aromatic heterocycles. The van der Waals surface area contributed by atoms with Gasteiger partial charge in [0, 0.05) is 58.9 Å². The van der Waals surface area contributed by atoms with Gasteiger partial charge in [-0.2, -0.15) is 0 Å². The molecule has 0 saturated carbocycles. The zero-order chi connectivity index (χ0) is 15.3. The van der Waals surface area contributed by atoms with E-state index in [0.29, 0.717) is 12.0 Å². The fourth-order valence-corrected chi connectivity index (χ4v) is 2.00. The van der Waals surface area contributed by atoms with Crippen molar-refractivity contribution in [2.75, 3.05) is 20.1 Å². The summed E-state index contributed by atoms with van der Waals surface area (Å²) < 4.78 is 12.4. The minimum Gasteiger partial charge on any atom is -0.326 e. The molecular formula is C19H37FN2OY. The Balaban J connectivity index is -0.000000143. The van der Waals surface area contributed by atoms with Gasteiger partial charge in [0.2, 0.25) is 0 Å². The Bertz CT molecular complexity index is 435. The van der Waals surface area contributed by atoms with Crippen LogP contribution in [0.3, 0.4) is 0 Å². The molecule has 1 aliphatic heterocycles. The molecule has 1 radical (unpaired) electrons. The summed E-state index contributed by atoms with van der Waals surface area (Å²) in [6.07, 6.45) is 0. The van der Waals surface area contributed by atoms with Gasteiger partial charge in [0.25, 0.3) is 0 Å². The van der Waals surface area contributed by atoms with E-state index in [4.69, 9.17) is 0 Å². The van der Waals surface area contributed by atoms with Gasteiger partial charge in [0.1, 0.15) is 5.82 Å². The van der Waals surface area contributed by atoms with Crippen molar-refractivity contribution in [3.63, 3.8) is 0 Å². The number of carbonyl (C=O) groups excluding carboxylic acids is 1. The Labute approximate surface area is 174 Å². The van der Waals surface area contributed by atoms with E-state index in [0.717, 1.165) is 13.1 Å². The van der Waals surface area contributed by atoms with Crippen LogP contribution in [0.25, 0.3) is 0 Å². The number of amides is 2. The van der Waals surface area contributed by atoms with Crippen molar-refractivity contribution in [3.05, 3.63) is 35.6 Å². The third kappa shape index (κ3) is 9.73. The van der Waals surface area contributed by atoms with Gasteiger partial charge in [-0.15, -0.1) is 0 Å². The zero-order valence-electron chi connectivity index (χ0n) is 13.6. The van der Waals surface area contributed by atoms with E-state index in [2.05, 4.69) is 13.8 Å². The van der Waals surface area contributed by atoms with Crippen LogP contribution in [0.15, 0.2) is 24.3 Å². The summed E-state index contributed by atoms with van der Waals surface area (Å²) in [4.78, 5) is 14.8. The molecule has 1 aromatic rings. The first-order chi connectivity index (χ1) is 9.32. The molecule has 5 heteroatoms. The number of hydrogen-bond donors (Lipinski definition) is 0. The molecule has 0 unspecified atom stereocenters. The van der Waals surface area contributed by atoms with E-state index in [1.165, 1.54) is 17.7 Å². The van der Waals surface area contributed by atoms with Gasteiger partial charge in [-0.1, -0.05) is 48.3 Å². The normalized spacial score (nSPS) is 12.4. The van der Waals surface area contributed by atoms with Crippen molar-refractivity contribution in [1.82, 2.24) is 9.80 Å². The second-order valence-corrected chi connectivity index (χ2v) is 5.70. The number of hydrogen-bond acceptors (Lipinski definition) is 1. The summed E-state index contributed by atoms with van der Waals surface area (Å²) in [6.45, 7) is 10.0. The number of likely N-dealkylation sites (N-methyl/N-ethyl adjacent to an activating group) is 1. The molecular weight excluding hydrogens is 380 g/mol. The summed E-state index contributed by atoms with van der Waals surface area (Å²) in [6, 6.07) is 7.14. The van der Waals surface area contributed by atoms with E-state index in [-0.39, 0.29) is 66.8 Å². The maximum absolute atomic E-state index is 12.4. The predicted molar refractivity (Wildman–Crippen MR) is 101 cm³/mol. The van der Waals surface area contributed by atoms with Crippen LogP contribution < -0.4 is 0 Å². The molecule has 2 amide bonds. The van der Waals surface area contributed by atoms with E-state index in [1.807, 2.05) is 37.9 Å². The van der Waals surface area contributed by atoms with E-state index in [9.17, 15) is 9.18 Å². The van der Waals surface area contributed by atoms with Gasteiger partial charge in [-0.25, -0.2) is 9.18 Å². The van der Waals surface area contributed by atoms with Crippen molar-refractivity contribution in [1.29, 1.82) is 0 Å². The molecule has 0 aliphatic carbocycles. The predicted octanol–water partition coefficient (Wildman–Crippen LogP) is 5.62. The Morgan fingerprint density at radius 3 is 1.67 bits per heavy atom. The van der Waals surface area contributed by atoms with Crippen molar-refractivity contribution in [2.45, 2.75) is 61.9 Å². The van der Waals surface area contributed by atoms with Gasteiger partial charge in [-0.05, 0) is 37.5 Å². The van der Waals surface area contributed by atoms with Crippen LogP contribution in [0.5, 0.6) is 0 Å². The number of benzene rings is 1. The first-order valence-electron chi connectivity index (χ1n) is 7.10. The quantitative estimate of drug-likeness (QED) is 0.613. The van der Waals surface area contributed by atoms with Crippen molar-refractivity contribution in [2.24, 2.45) is 0 Å². The molecule has 0 atom stereocenters. The molecule has 0 bridgehead atoms. The van der Waals surface area contributed by atoms with Crippen molar-refractivity contribution in [3.8, 4) is 0 Å². The number of rotatable bonds is 2. The van der Waals surface area contributed by atoms with Crippen LogP contribution in [0.1, 0.15) is 61.5 Å². The Hall–Kier alpha value is -0.476. The molecule has 1 fully saturated rings. The SMILES string of the molecule is C.C.C.CC(C)N1CCN(C)C1=O.CC(C)c1ccc(F)cc1.[Y]. The molecule has 1 saturated heterocycles. The minimum absolute atomic E-state index is 0. The summed E-state index contributed by atoms with van der Waals surface area (Å²) in [5.41, 5.74) is 1.18. The summed E-state index contributed by atoms with van der Waals surface area (Å²) in [7, 11) is 1.84. The molecule has 0 N–H and O–H groups in total. The van der Waals surface area contributed by atoms with Gasteiger partial charge < -0.3 is 9.80 Å². The third-order valence-corrected chi connectivity index (χ3v) is 3.41. The van der Waals surface area contributed by atoms with Gasteiger partial charge in [-0.3, -0.25) is 0 Å². The van der Waals surface area contributed by atoms with E-state index in [1.54, 1.807) is 4.90 Å². The van der Waals surface area contributed by atoms with Gasteiger partial charge >= 0.3 is 6.03 Å². The summed E-state index contributed by atoms with van der Waals surface area (Å²) >= 11 is 0. The second kappa shape index (κ2) is 14.8. The molecule has 1 aliphatic rings. The monoisotopic (exact) mass is 417 g/mol. The Kier molecular flexibility index (Phi) is 19.3. The summed E-state index contributed by atoms with van der Waals surface area (Å²) in [5, 5.41) is 0. The second-order valence-electron chi connectivity index (χ2n) is 5.70. The van der Waals surface area contributed by atoms with Crippen molar-refractivity contribution < 1.29 is 41.9 Å². The van der Waals surface area contributed by atoms with Crippen LogP contribution >= 0.6 is 0 Å². The largest absolute Gasteiger partial charge is 0.326 e. The van der Waals surface area contributed by atoms with Crippen molar-refractivity contribution >= 4 is 6.03 Å². The molecule has 139 valence electrons. The van der Waals surface area contributed by atoms with Crippen LogP contribution in [-0.2, 0) is 32.7 Å². The third-order valence-electron chi connectivity index (χ3n) is 3.41. The zero-order valence-corrected chi connectivity index (χ0v) is 16.5. The minimum atomic E-state index is -0.163. The molecule has 1 heterocycles. The van der Waals surface area contributed by atoms with E-state index >= 15 is 0 Å². The fourth-order valence-electron chi connectivity index (χ4n) is 2.00. The van der Waals surface area contributed by atoms with E-state index < -0.39 is 0 Å².